The lowest BCUT2D eigenvalue weighted by molar-refractivity contribution is -0.114. The van der Waals surface area contributed by atoms with E-state index in [2.05, 4.69) is 15.3 Å². The summed E-state index contributed by atoms with van der Waals surface area (Å²) in [7, 11) is 0. The van der Waals surface area contributed by atoms with Crippen molar-refractivity contribution in [1.82, 2.24) is 9.55 Å². The van der Waals surface area contributed by atoms with E-state index in [0.717, 1.165) is 6.42 Å². The van der Waals surface area contributed by atoms with Gasteiger partial charge in [-0.2, -0.15) is 0 Å². The topological polar surface area (TPSA) is 99.5 Å². The standard InChI is InChI=1S/C17H20N4O3S/c1-4-10(2)21-16(24)12(15(23)20-17(21)25)9-18-13-7-5-6-8-14(13)19-11(3)22/h5-10,24H,4H2,1-3H3,(H,19,22)(H,20,23,25)/t10-/m0/s1. The van der Waals surface area contributed by atoms with E-state index in [9.17, 15) is 14.7 Å². The average molecular weight is 360 g/mol. The number of para-hydroxylation sites is 2. The van der Waals surface area contributed by atoms with E-state index in [1.165, 1.54) is 17.7 Å². The maximum Gasteiger partial charge on any atom is 0.264 e. The van der Waals surface area contributed by atoms with Crippen molar-refractivity contribution in [2.24, 2.45) is 4.99 Å². The molecule has 1 amide bonds. The maximum atomic E-state index is 12.2. The first kappa shape index (κ1) is 18.6. The summed E-state index contributed by atoms with van der Waals surface area (Å²) in [5, 5.41) is 13.1. The molecule has 0 radical (unpaired) electrons. The Balaban J connectivity index is 2.51. The summed E-state index contributed by atoms with van der Waals surface area (Å²) in [6.45, 7) is 5.24. The molecule has 1 aromatic carbocycles. The number of benzene rings is 1. The minimum atomic E-state index is -0.525. The van der Waals surface area contributed by atoms with E-state index in [0.29, 0.717) is 11.4 Å². The van der Waals surface area contributed by atoms with Crippen molar-refractivity contribution in [3.63, 3.8) is 0 Å². The van der Waals surface area contributed by atoms with Gasteiger partial charge >= 0.3 is 0 Å². The van der Waals surface area contributed by atoms with Crippen LogP contribution in [0.1, 0.15) is 38.8 Å². The van der Waals surface area contributed by atoms with Crippen molar-refractivity contribution in [1.29, 1.82) is 0 Å². The van der Waals surface area contributed by atoms with Gasteiger partial charge in [-0.1, -0.05) is 19.1 Å². The highest BCUT2D eigenvalue weighted by molar-refractivity contribution is 7.71. The Morgan fingerprint density at radius 2 is 2.16 bits per heavy atom. The summed E-state index contributed by atoms with van der Waals surface area (Å²) in [6, 6.07) is 6.83. The summed E-state index contributed by atoms with van der Waals surface area (Å²) < 4.78 is 1.64. The second-order valence-corrected chi connectivity index (χ2v) is 5.97. The zero-order valence-electron chi connectivity index (χ0n) is 14.2. The minimum Gasteiger partial charge on any atom is -0.494 e. The van der Waals surface area contributed by atoms with Crippen LogP contribution in [0.3, 0.4) is 0 Å². The van der Waals surface area contributed by atoms with Gasteiger partial charge in [0, 0.05) is 19.2 Å². The third kappa shape index (κ3) is 4.21. The molecule has 0 aliphatic rings. The third-order valence-corrected chi connectivity index (χ3v) is 4.03. The molecule has 0 spiro atoms. The Kier molecular flexibility index (Phi) is 5.87. The first-order valence-corrected chi connectivity index (χ1v) is 8.24. The largest absolute Gasteiger partial charge is 0.494 e. The molecule has 1 atom stereocenters. The van der Waals surface area contributed by atoms with Crippen LogP contribution in [-0.2, 0) is 4.79 Å². The third-order valence-electron chi connectivity index (χ3n) is 3.73. The van der Waals surface area contributed by atoms with Gasteiger partial charge in [-0.05, 0) is 37.7 Å². The van der Waals surface area contributed by atoms with Crippen LogP contribution < -0.4 is 10.9 Å². The first-order valence-electron chi connectivity index (χ1n) is 7.83. The lowest BCUT2D eigenvalue weighted by atomic mass is 10.2. The van der Waals surface area contributed by atoms with E-state index in [-0.39, 0.29) is 28.2 Å². The van der Waals surface area contributed by atoms with Crippen molar-refractivity contribution >= 4 is 35.7 Å². The van der Waals surface area contributed by atoms with Crippen molar-refractivity contribution in [3.8, 4) is 5.88 Å². The van der Waals surface area contributed by atoms with Crippen LogP contribution in [0.2, 0.25) is 0 Å². The number of nitrogens with one attached hydrogen (secondary N) is 2. The molecule has 0 bridgehead atoms. The molecule has 0 saturated carbocycles. The highest BCUT2D eigenvalue weighted by Gasteiger charge is 2.14. The Bertz CT molecular complexity index is 930. The summed E-state index contributed by atoms with van der Waals surface area (Å²) >= 11 is 5.13. The zero-order valence-corrected chi connectivity index (χ0v) is 15.1. The second kappa shape index (κ2) is 7.89. The van der Waals surface area contributed by atoms with Crippen LogP contribution in [0.4, 0.5) is 11.4 Å². The molecular weight excluding hydrogens is 340 g/mol. The molecule has 0 aliphatic carbocycles. The predicted octanol–water partition coefficient (Wildman–Crippen LogP) is 3.29. The van der Waals surface area contributed by atoms with E-state index in [1.807, 2.05) is 13.8 Å². The van der Waals surface area contributed by atoms with Crippen molar-refractivity contribution < 1.29 is 9.90 Å². The van der Waals surface area contributed by atoms with Gasteiger partial charge < -0.3 is 10.4 Å². The van der Waals surface area contributed by atoms with E-state index in [1.54, 1.807) is 24.3 Å². The van der Waals surface area contributed by atoms with Crippen LogP contribution >= 0.6 is 12.2 Å². The molecule has 0 aliphatic heterocycles. The molecule has 3 N–H and O–H groups in total. The predicted molar refractivity (Wildman–Crippen MR) is 101 cm³/mol. The molecule has 0 unspecified atom stereocenters. The van der Waals surface area contributed by atoms with Crippen LogP contribution in [0.15, 0.2) is 34.1 Å². The second-order valence-electron chi connectivity index (χ2n) is 5.58. The number of H-pyrrole nitrogens is 1. The van der Waals surface area contributed by atoms with Crippen LogP contribution in [0.25, 0.3) is 0 Å². The minimum absolute atomic E-state index is 0.00604. The number of aromatic nitrogens is 2. The maximum absolute atomic E-state index is 12.2. The number of aliphatic imine (C=N–C) groups is 1. The highest BCUT2D eigenvalue weighted by atomic mass is 32.1. The number of rotatable bonds is 5. The van der Waals surface area contributed by atoms with E-state index < -0.39 is 5.56 Å². The van der Waals surface area contributed by atoms with Gasteiger partial charge in [-0.25, -0.2) is 0 Å². The summed E-state index contributed by atoms with van der Waals surface area (Å²) in [6.07, 6.45) is 2.00. The number of carbonyl (C=O) groups is 1. The van der Waals surface area contributed by atoms with Crippen molar-refractivity contribution in [3.05, 3.63) is 45.0 Å². The molecular formula is C17H20N4O3S. The Labute approximate surface area is 150 Å². The number of amides is 1. The summed E-state index contributed by atoms with van der Waals surface area (Å²) in [5.74, 6) is -0.461. The number of hydrogen-bond donors (Lipinski definition) is 3. The Hall–Kier alpha value is -2.74. The molecule has 1 heterocycles. The molecule has 0 fully saturated rings. The normalized spacial score (nSPS) is 12.3. The fraction of sp³-hybridized carbons (Fsp3) is 0.294. The van der Waals surface area contributed by atoms with Gasteiger partial charge in [0.15, 0.2) is 4.77 Å². The Morgan fingerprint density at radius 3 is 2.80 bits per heavy atom. The van der Waals surface area contributed by atoms with Gasteiger partial charge in [-0.15, -0.1) is 0 Å². The fourth-order valence-electron chi connectivity index (χ4n) is 2.28. The average Bonchev–Trinajstić information content (AvgIpc) is 2.55. The van der Waals surface area contributed by atoms with E-state index >= 15 is 0 Å². The number of nitrogens with zero attached hydrogens (tertiary/aromatic N) is 2. The fourth-order valence-corrected chi connectivity index (χ4v) is 2.63. The smallest absolute Gasteiger partial charge is 0.264 e. The summed E-state index contributed by atoms with van der Waals surface area (Å²) in [4.78, 5) is 30.2. The van der Waals surface area contributed by atoms with Crippen LogP contribution in [-0.4, -0.2) is 26.8 Å². The molecule has 2 rings (SSSR count). The number of anilines is 1. The summed E-state index contributed by atoms with van der Waals surface area (Å²) in [5.41, 5.74) is 0.459. The van der Waals surface area contributed by atoms with Gasteiger partial charge in [0.05, 0.1) is 11.4 Å². The van der Waals surface area contributed by atoms with E-state index in [4.69, 9.17) is 12.2 Å². The molecule has 132 valence electrons. The van der Waals surface area contributed by atoms with Crippen LogP contribution in [0.5, 0.6) is 5.88 Å². The molecule has 1 aromatic heterocycles. The lowest BCUT2D eigenvalue weighted by Crippen LogP contribution is -2.20. The van der Waals surface area contributed by atoms with Gasteiger partial charge in [0.25, 0.3) is 5.56 Å². The number of aromatic amines is 1. The lowest BCUT2D eigenvalue weighted by Gasteiger charge is -2.16. The first-order chi connectivity index (χ1) is 11.8. The SMILES string of the molecule is CC[C@H](C)n1c(O)c(C=Nc2ccccc2NC(C)=O)c(=O)[nH]c1=S. The Morgan fingerprint density at radius 1 is 1.48 bits per heavy atom. The number of carbonyl (C=O) groups excluding carboxylic acids is 1. The molecule has 2 aromatic rings. The number of aromatic hydroxyl groups is 1. The van der Waals surface area contributed by atoms with Crippen LogP contribution in [0, 0.1) is 4.77 Å². The van der Waals surface area contributed by atoms with Gasteiger partial charge in [-0.3, -0.25) is 24.1 Å². The van der Waals surface area contributed by atoms with Crippen molar-refractivity contribution in [2.45, 2.75) is 33.2 Å². The molecule has 8 heteroatoms. The quantitative estimate of drug-likeness (QED) is 0.563. The monoisotopic (exact) mass is 360 g/mol. The molecule has 7 nitrogen and oxygen atoms in total. The zero-order chi connectivity index (χ0) is 18.6. The van der Waals surface area contributed by atoms with Gasteiger partial charge in [0.1, 0.15) is 5.56 Å². The molecule has 25 heavy (non-hydrogen) atoms. The highest BCUT2D eigenvalue weighted by Crippen LogP contribution is 2.25. The number of hydrogen-bond acceptors (Lipinski definition) is 5. The molecule has 0 saturated heterocycles. The van der Waals surface area contributed by atoms with Gasteiger partial charge in [0.2, 0.25) is 11.8 Å². The van der Waals surface area contributed by atoms with Crippen molar-refractivity contribution in [2.75, 3.05) is 5.32 Å².